The SMILES string of the molecule is COc1ccc(C(=C=C(c2ccccc2)c2ccccc2)c2ccccc2)cc1. The van der Waals surface area contributed by atoms with Gasteiger partial charge in [0.2, 0.25) is 0 Å². The average Bonchev–Trinajstić information content (AvgIpc) is 2.82. The van der Waals surface area contributed by atoms with Crippen LogP contribution in [0.25, 0.3) is 11.1 Å². The standard InChI is InChI=1S/C28H22O/c1-29-26-19-17-25(18-20-26)28(24-15-9-4-10-16-24)21-27(22-11-5-2-6-12-22)23-13-7-3-8-14-23/h2-20H,1H3. The predicted octanol–water partition coefficient (Wildman–Crippen LogP) is 6.86. The van der Waals surface area contributed by atoms with Crippen LogP contribution in [0.4, 0.5) is 0 Å². The fraction of sp³-hybridized carbons (Fsp3) is 0.0357. The maximum atomic E-state index is 5.34. The molecule has 0 saturated carbocycles. The topological polar surface area (TPSA) is 9.23 Å². The Balaban J connectivity index is 2.02. The number of benzene rings is 4. The Morgan fingerprint density at radius 3 is 1.17 bits per heavy atom. The third kappa shape index (κ3) is 4.38. The molecule has 0 spiro atoms. The molecular weight excluding hydrogens is 352 g/mol. The van der Waals surface area contributed by atoms with E-state index >= 15 is 0 Å². The minimum Gasteiger partial charge on any atom is -0.497 e. The first-order valence-corrected chi connectivity index (χ1v) is 9.67. The van der Waals surface area contributed by atoms with Gasteiger partial charge >= 0.3 is 0 Å². The van der Waals surface area contributed by atoms with Crippen LogP contribution < -0.4 is 4.74 Å². The number of hydrogen-bond donors (Lipinski definition) is 0. The first-order chi connectivity index (χ1) is 14.3. The van der Waals surface area contributed by atoms with E-state index in [1.165, 1.54) is 0 Å². The summed E-state index contributed by atoms with van der Waals surface area (Å²) in [6.07, 6.45) is 0. The molecule has 29 heavy (non-hydrogen) atoms. The zero-order valence-electron chi connectivity index (χ0n) is 16.4. The predicted molar refractivity (Wildman–Crippen MR) is 121 cm³/mol. The zero-order valence-corrected chi connectivity index (χ0v) is 16.4. The van der Waals surface area contributed by atoms with Crippen molar-refractivity contribution < 1.29 is 4.74 Å². The lowest BCUT2D eigenvalue weighted by molar-refractivity contribution is 0.415. The van der Waals surface area contributed by atoms with Gasteiger partial charge < -0.3 is 4.74 Å². The molecule has 0 bridgehead atoms. The molecule has 4 rings (SSSR count). The van der Waals surface area contributed by atoms with Crippen LogP contribution in [-0.2, 0) is 0 Å². The molecule has 0 aliphatic carbocycles. The zero-order chi connectivity index (χ0) is 19.9. The molecule has 1 heteroatoms. The molecule has 0 radical (unpaired) electrons. The highest BCUT2D eigenvalue weighted by Gasteiger charge is 2.09. The molecule has 0 fully saturated rings. The molecule has 0 aliphatic rings. The van der Waals surface area contributed by atoms with Crippen molar-refractivity contribution in [1.29, 1.82) is 0 Å². The van der Waals surface area contributed by atoms with Crippen LogP contribution in [0.5, 0.6) is 5.75 Å². The minimum absolute atomic E-state index is 0.844. The number of methoxy groups -OCH3 is 1. The van der Waals surface area contributed by atoms with Crippen LogP contribution >= 0.6 is 0 Å². The first kappa shape index (κ1) is 18.6. The van der Waals surface area contributed by atoms with Crippen molar-refractivity contribution in [2.24, 2.45) is 0 Å². The van der Waals surface area contributed by atoms with Gasteiger partial charge in [-0.05, 0) is 34.4 Å². The van der Waals surface area contributed by atoms with E-state index in [1.54, 1.807) is 7.11 Å². The van der Waals surface area contributed by atoms with Crippen LogP contribution in [0.2, 0.25) is 0 Å². The van der Waals surface area contributed by atoms with E-state index in [9.17, 15) is 0 Å². The summed E-state index contributed by atoms with van der Waals surface area (Å²) in [6.45, 7) is 0. The van der Waals surface area contributed by atoms with Gasteiger partial charge in [-0.3, -0.25) is 0 Å². The van der Waals surface area contributed by atoms with E-state index in [-0.39, 0.29) is 0 Å². The highest BCUT2D eigenvalue weighted by Crippen LogP contribution is 2.29. The smallest absolute Gasteiger partial charge is 0.118 e. The molecule has 0 aromatic heterocycles. The van der Waals surface area contributed by atoms with Crippen LogP contribution in [0.15, 0.2) is 121 Å². The van der Waals surface area contributed by atoms with Crippen LogP contribution in [0, 0.1) is 0 Å². The van der Waals surface area contributed by atoms with Gasteiger partial charge in [0.05, 0.1) is 7.11 Å². The molecule has 0 N–H and O–H groups in total. The van der Waals surface area contributed by atoms with Crippen molar-refractivity contribution in [2.45, 2.75) is 0 Å². The Morgan fingerprint density at radius 2 is 0.828 bits per heavy atom. The molecule has 0 heterocycles. The molecule has 4 aromatic carbocycles. The molecule has 4 aromatic rings. The van der Waals surface area contributed by atoms with Crippen LogP contribution in [0.1, 0.15) is 22.3 Å². The van der Waals surface area contributed by atoms with Gasteiger partial charge in [-0.25, -0.2) is 0 Å². The van der Waals surface area contributed by atoms with Crippen LogP contribution in [-0.4, -0.2) is 7.11 Å². The van der Waals surface area contributed by atoms with E-state index in [4.69, 9.17) is 4.74 Å². The number of rotatable bonds is 5. The summed E-state index contributed by atoms with van der Waals surface area (Å²) in [7, 11) is 1.69. The molecular formula is C28H22O. The van der Waals surface area contributed by atoms with E-state index in [1.807, 2.05) is 30.3 Å². The lowest BCUT2D eigenvalue weighted by Gasteiger charge is -2.10. The molecule has 0 saturated heterocycles. The molecule has 0 amide bonds. The molecule has 1 nitrogen and oxygen atoms in total. The van der Waals surface area contributed by atoms with E-state index in [0.29, 0.717) is 0 Å². The second-order valence-corrected chi connectivity index (χ2v) is 6.70. The van der Waals surface area contributed by atoms with Gasteiger partial charge in [0.15, 0.2) is 0 Å². The fourth-order valence-corrected chi connectivity index (χ4v) is 3.32. The summed E-state index contributed by atoms with van der Waals surface area (Å²) in [4.78, 5) is 0. The molecule has 0 atom stereocenters. The quantitative estimate of drug-likeness (QED) is 0.347. The first-order valence-electron chi connectivity index (χ1n) is 9.67. The van der Waals surface area contributed by atoms with Crippen LogP contribution in [0.3, 0.4) is 0 Å². The van der Waals surface area contributed by atoms with Gasteiger partial charge in [0.1, 0.15) is 5.75 Å². The van der Waals surface area contributed by atoms with Crippen molar-refractivity contribution in [3.63, 3.8) is 0 Å². The second kappa shape index (κ2) is 8.93. The maximum absolute atomic E-state index is 5.34. The highest BCUT2D eigenvalue weighted by molar-refractivity contribution is 5.88. The molecule has 140 valence electrons. The summed E-state index contributed by atoms with van der Waals surface area (Å²) < 4.78 is 5.34. The van der Waals surface area contributed by atoms with Crippen molar-refractivity contribution in [3.05, 3.63) is 143 Å². The van der Waals surface area contributed by atoms with Crippen molar-refractivity contribution >= 4 is 11.1 Å². The van der Waals surface area contributed by atoms with Gasteiger partial charge in [0.25, 0.3) is 0 Å². The highest BCUT2D eigenvalue weighted by atomic mass is 16.5. The summed E-state index contributed by atoms with van der Waals surface area (Å²) >= 11 is 0. The normalized spacial score (nSPS) is 10.1. The summed E-state index contributed by atoms with van der Waals surface area (Å²) in [6, 6.07) is 39.4. The Hall–Kier alpha value is -3.80. The van der Waals surface area contributed by atoms with Crippen molar-refractivity contribution in [2.75, 3.05) is 7.11 Å². The minimum atomic E-state index is 0.844. The maximum Gasteiger partial charge on any atom is 0.118 e. The van der Waals surface area contributed by atoms with E-state index < -0.39 is 0 Å². The lowest BCUT2D eigenvalue weighted by Crippen LogP contribution is -1.91. The van der Waals surface area contributed by atoms with Gasteiger partial charge in [-0.15, -0.1) is 5.73 Å². The fourth-order valence-electron chi connectivity index (χ4n) is 3.32. The van der Waals surface area contributed by atoms with Crippen molar-refractivity contribution in [3.8, 4) is 5.75 Å². The van der Waals surface area contributed by atoms with Gasteiger partial charge in [-0.2, -0.15) is 0 Å². The lowest BCUT2D eigenvalue weighted by atomic mass is 9.93. The summed E-state index contributed by atoms with van der Waals surface area (Å²) in [5.41, 5.74) is 10.4. The largest absolute Gasteiger partial charge is 0.497 e. The van der Waals surface area contributed by atoms with E-state index in [0.717, 1.165) is 39.1 Å². The molecule has 0 unspecified atom stereocenters. The Kier molecular flexibility index (Phi) is 5.71. The average molecular weight is 374 g/mol. The second-order valence-electron chi connectivity index (χ2n) is 6.70. The Labute approximate surface area is 172 Å². The third-order valence-corrected chi connectivity index (χ3v) is 4.82. The third-order valence-electron chi connectivity index (χ3n) is 4.82. The molecule has 0 aliphatic heterocycles. The van der Waals surface area contributed by atoms with Gasteiger partial charge in [0, 0.05) is 11.1 Å². The van der Waals surface area contributed by atoms with Gasteiger partial charge in [-0.1, -0.05) is 103 Å². The van der Waals surface area contributed by atoms with E-state index in [2.05, 4.69) is 90.7 Å². The number of ether oxygens (including phenoxy) is 1. The van der Waals surface area contributed by atoms with Crippen molar-refractivity contribution in [1.82, 2.24) is 0 Å². The summed E-state index contributed by atoms with van der Waals surface area (Å²) in [5, 5.41) is 0. The Bertz CT molecular complexity index is 1080. The summed E-state index contributed by atoms with van der Waals surface area (Å²) in [5.74, 6) is 0.844. The number of hydrogen-bond acceptors (Lipinski definition) is 1. The Morgan fingerprint density at radius 1 is 0.483 bits per heavy atom. The monoisotopic (exact) mass is 374 g/mol.